The number of hydrogen-bond acceptors (Lipinski definition) is 15. The van der Waals surface area contributed by atoms with Crippen LogP contribution in [0.25, 0.3) is 0 Å². The number of phosphoric ester groups is 2. The van der Waals surface area contributed by atoms with E-state index in [4.69, 9.17) is 37.0 Å². The van der Waals surface area contributed by atoms with Crippen molar-refractivity contribution in [2.45, 2.75) is 388 Å². The highest BCUT2D eigenvalue weighted by molar-refractivity contribution is 7.47. The number of esters is 4. The van der Waals surface area contributed by atoms with Crippen LogP contribution in [0.5, 0.6) is 0 Å². The van der Waals surface area contributed by atoms with Gasteiger partial charge in [-0.3, -0.25) is 37.3 Å². The molecular weight excluding hydrogens is 1260 g/mol. The second-order valence-corrected chi connectivity index (χ2v) is 31.2. The van der Waals surface area contributed by atoms with E-state index in [1.54, 1.807) is 0 Å². The van der Waals surface area contributed by atoms with E-state index in [0.717, 1.165) is 127 Å². The fourth-order valence-corrected chi connectivity index (χ4v) is 12.8. The molecule has 0 heterocycles. The second-order valence-electron chi connectivity index (χ2n) is 28.3. The molecule has 19 heteroatoms. The highest BCUT2D eigenvalue weighted by Crippen LogP contribution is 2.45. The molecule has 0 bridgehead atoms. The van der Waals surface area contributed by atoms with Crippen LogP contribution in [0.3, 0.4) is 0 Å². The molecule has 0 amide bonds. The van der Waals surface area contributed by atoms with Crippen LogP contribution in [-0.4, -0.2) is 96.7 Å². The molecular formula is C77H146O17P2. The van der Waals surface area contributed by atoms with Crippen LogP contribution in [0.15, 0.2) is 24.3 Å². The average Bonchev–Trinajstić information content (AvgIpc) is 1.15. The summed E-state index contributed by atoms with van der Waals surface area (Å²) < 4.78 is 68.5. The minimum atomic E-state index is -4.97. The van der Waals surface area contributed by atoms with Crippen LogP contribution < -0.4 is 0 Å². The lowest BCUT2D eigenvalue weighted by molar-refractivity contribution is -0.161. The van der Waals surface area contributed by atoms with Crippen LogP contribution in [0.4, 0.5) is 0 Å². The monoisotopic (exact) mass is 1410 g/mol. The van der Waals surface area contributed by atoms with Crippen LogP contribution >= 0.6 is 15.6 Å². The van der Waals surface area contributed by atoms with Gasteiger partial charge in [-0.05, 0) is 69.1 Å². The fourth-order valence-electron chi connectivity index (χ4n) is 11.2. The van der Waals surface area contributed by atoms with E-state index < -0.39 is 97.5 Å². The molecule has 0 rings (SSSR count). The quantitative estimate of drug-likeness (QED) is 0.0169. The van der Waals surface area contributed by atoms with Gasteiger partial charge >= 0.3 is 39.5 Å². The van der Waals surface area contributed by atoms with Gasteiger partial charge in [-0.1, -0.05) is 317 Å². The lowest BCUT2D eigenvalue weighted by Crippen LogP contribution is -2.30. The molecule has 0 aliphatic carbocycles. The molecule has 0 aromatic heterocycles. The van der Waals surface area contributed by atoms with Gasteiger partial charge in [0.1, 0.15) is 19.3 Å². The largest absolute Gasteiger partial charge is 0.472 e. The molecule has 17 nitrogen and oxygen atoms in total. The van der Waals surface area contributed by atoms with Gasteiger partial charge < -0.3 is 33.8 Å². The van der Waals surface area contributed by atoms with Gasteiger partial charge in [0.2, 0.25) is 0 Å². The third-order valence-electron chi connectivity index (χ3n) is 17.6. The molecule has 0 aliphatic heterocycles. The van der Waals surface area contributed by atoms with Crippen molar-refractivity contribution in [2.75, 3.05) is 39.6 Å². The molecule has 0 saturated heterocycles. The molecule has 566 valence electrons. The summed E-state index contributed by atoms with van der Waals surface area (Å²) in [7, 11) is -9.93. The van der Waals surface area contributed by atoms with Gasteiger partial charge in [0.05, 0.1) is 26.4 Å². The van der Waals surface area contributed by atoms with E-state index in [9.17, 15) is 43.2 Å². The zero-order chi connectivity index (χ0) is 70.9. The summed E-state index contributed by atoms with van der Waals surface area (Å²) in [6.45, 7) is 11.8. The number of allylic oxidation sites excluding steroid dienone is 4. The van der Waals surface area contributed by atoms with Crippen molar-refractivity contribution in [3.63, 3.8) is 0 Å². The Hall–Kier alpha value is -2.46. The summed E-state index contributed by atoms with van der Waals surface area (Å²) in [6, 6.07) is 0. The predicted octanol–water partition coefficient (Wildman–Crippen LogP) is 22.1. The zero-order valence-corrected chi connectivity index (χ0v) is 64.1. The normalized spacial score (nSPS) is 14.5. The summed E-state index contributed by atoms with van der Waals surface area (Å²) >= 11 is 0. The maximum Gasteiger partial charge on any atom is 0.472 e. The van der Waals surface area contributed by atoms with Crippen molar-refractivity contribution in [3.8, 4) is 0 Å². The zero-order valence-electron chi connectivity index (χ0n) is 62.3. The van der Waals surface area contributed by atoms with Crippen molar-refractivity contribution in [3.05, 3.63) is 24.3 Å². The van der Waals surface area contributed by atoms with E-state index >= 15 is 0 Å². The average molecular weight is 1410 g/mol. The van der Waals surface area contributed by atoms with Crippen LogP contribution in [0, 0.1) is 17.8 Å². The first-order valence-corrected chi connectivity index (χ1v) is 42.2. The number of aliphatic hydroxyl groups is 1. The van der Waals surface area contributed by atoms with Crippen molar-refractivity contribution in [1.82, 2.24) is 0 Å². The molecule has 6 atom stereocenters. The first kappa shape index (κ1) is 93.5. The topological polar surface area (TPSA) is 237 Å². The van der Waals surface area contributed by atoms with Crippen LogP contribution in [0.1, 0.15) is 370 Å². The fraction of sp³-hybridized carbons (Fsp3) is 0.896. The molecule has 0 saturated carbocycles. The van der Waals surface area contributed by atoms with Gasteiger partial charge in [-0.2, -0.15) is 0 Å². The maximum absolute atomic E-state index is 13.1. The number of unbranched alkanes of at least 4 members (excludes halogenated alkanes) is 37. The lowest BCUT2D eigenvalue weighted by atomic mass is 10.00. The smallest absolute Gasteiger partial charge is 0.462 e. The van der Waals surface area contributed by atoms with Crippen molar-refractivity contribution < 1.29 is 80.2 Å². The van der Waals surface area contributed by atoms with E-state index in [0.29, 0.717) is 25.7 Å². The maximum atomic E-state index is 13.1. The SMILES string of the molecule is CCCCCC/C=C\C=C/CCCCCCCC(=O)O[C@H](COC(=O)CCCCCCCCCCCCCCCCCCC(C)C)COP(=O)(O)OC[C@@H](O)COP(=O)(O)OC[C@@H](COC(=O)CCCCCCCCC(C)CC)OC(=O)CCCCCCCCCCCC(C)C. The van der Waals surface area contributed by atoms with Crippen molar-refractivity contribution >= 4 is 39.5 Å². The Bertz CT molecular complexity index is 1970. The molecule has 0 aliphatic rings. The number of phosphoric acid groups is 2. The molecule has 0 aromatic rings. The standard InChI is InChI=1S/C77H146O17P2/c1-8-10-11-12-13-14-15-16-19-24-27-32-37-46-53-60-76(81)93-72(64-87-74(79)58-51-44-36-31-26-23-21-18-17-20-22-25-29-34-41-48-55-68(3)4)66-91-95(83,84)89-62-71(78)63-90-96(85,86)92-67-73(65-88-75(80)59-52-45-40-39-43-50-57-70(7)9-2)94-77(82)61-54-47-38-33-28-30-35-42-49-56-69(5)6/h14-16,19,68-73,78H,8-13,17-18,20-67H2,1-7H3,(H,83,84)(H,85,86)/b15-14-,19-16-/t70?,71-,72-,73-/m1/s1. The first-order chi connectivity index (χ1) is 46.3. The summed E-state index contributed by atoms with van der Waals surface area (Å²) in [5.41, 5.74) is 0. The molecule has 0 aromatic carbocycles. The summed E-state index contributed by atoms with van der Waals surface area (Å²) in [5, 5.41) is 10.6. The third kappa shape index (κ3) is 68.7. The molecule has 0 spiro atoms. The summed E-state index contributed by atoms with van der Waals surface area (Å²) in [6.07, 6.45) is 56.4. The number of rotatable bonds is 73. The Balaban J connectivity index is 5.26. The van der Waals surface area contributed by atoms with Crippen LogP contribution in [-0.2, 0) is 65.4 Å². The van der Waals surface area contributed by atoms with Gasteiger partial charge in [0, 0.05) is 25.7 Å². The Morgan fingerprint density at radius 1 is 0.344 bits per heavy atom. The van der Waals surface area contributed by atoms with Gasteiger partial charge in [0.15, 0.2) is 12.2 Å². The summed E-state index contributed by atoms with van der Waals surface area (Å²) in [4.78, 5) is 72.8. The highest BCUT2D eigenvalue weighted by atomic mass is 31.2. The summed E-state index contributed by atoms with van der Waals surface area (Å²) in [5.74, 6) is 0.125. The Kier molecular flexibility index (Phi) is 65.3. The Labute approximate surface area is 586 Å². The molecule has 3 unspecified atom stereocenters. The Morgan fingerprint density at radius 2 is 0.615 bits per heavy atom. The van der Waals surface area contributed by atoms with E-state index in [1.807, 2.05) is 0 Å². The minimum absolute atomic E-state index is 0.0849. The van der Waals surface area contributed by atoms with E-state index in [-0.39, 0.29) is 25.7 Å². The number of ether oxygens (including phenoxy) is 4. The minimum Gasteiger partial charge on any atom is -0.462 e. The van der Waals surface area contributed by atoms with E-state index in [2.05, 4.69) is 72.8 Å². The number of carbonyl (C=O) groups is 4. The number of carbonyl (C=O) groups excluding carboxylic acids is 4. The molecule has 0 radical (unpaired) electrons. The first-order valence-electron chi connectivity index (χ1n) is 39.2. The molecule has 3 N–H and O–H groups in total. The third-order valence-corrected chi connectivity index (χ3v) is 19.5. The number of hydrogen-bond donors (Lipinski definition) is 3. The second kappa shape index (κ2) is 67.1. The number of aliphatic hydroxyl groups excluding tert-OH is 1. The van der Waals surface area contributed by atoms with Gasteiger partial charge in [0.25, 0.3) is 0 Å². The van der Waals surface area contributed by atoms with Gasteiger partial charge in [-0.25, -0.2) is 9.13 Å². The van der Waals surface area contributed by atoms with Crippen LogP contribution in [0.2, 0.25) is 0 Å². The molecule has 0 fully saturated rings. The molecule has 96 heavy (non-hydrogen) atoms. The van der Waals surface area contributed by atoms with Gasteiger partial charge in [-0.15, -0.1) is 0 Å². The predicted molar refractivity (Wildman–Crippen MR) is 390 cm³/mol. The van der Waals surface area contributed by atoms with Crippen molar-refractivity contribution in [1.29, 1.82) is 0 Å². The lowest BCUT2D eigenvalue weighted by Gasteiger charge is -2.21. The highest BCUT2D eigenvalue weighted by Gasteiger charge is 2.30. The van der Waals surface area contributed by atoms with Crippen molar-refractivity contribution in [2.24, 2.45) is 17.8 Å². The Morgan fingerprint density at radius 3 is 0.927 bits per heavy atom. The van der Waals surface area contributed by atoms with E-state index in [1.165, 1.54) is 161 Å².